The number of phenolic OH excluding ortho intramolecular Hbond substituents is 2. The highest BCUT2D eigenvalue weighted by atomic mass is 16.5. The highest BCUT2D eigenvalue weighted by Crippen LogP contribution is 2.44. The molecule has 2 aromatic rings. The van der Waals surface area contributed by atoms with E-state index in [1.54, 1.807) is 19.9 Å². The second-order valence-corrected chi connectivity index (χ2v) is 6.63. The number of hydrogen-bond donors (Lipinski definition) is 3. The third kappa shape index (κ3) is 3.23. The summed E-state index contributed by atoms with van der Waals surface area (Å²) in [5.41, 5.74) is 0.214. The lowest BCUT2D eigenvalue weighted by atomic mass is 9.88. The van der Waals surface area contributed by atoms with Gasteiger partial charge >= 0.3 is 0 Å². The molecule has 0 fully saturated rings. The highest BCUT2D eigenvalue weighted by molar-refractivity contribution is 6.11. The van der Waals surface area contributed by atoms with Crippen LogP contribution in [0.3, 0.4) is 0 Å². The molecule has 1 unspecified atom stereocenters. The third-order valence-electron chi connectivity index (χ3n) is 4.38. The van der Waals surface area contributed by atoms with Gasteiger partial charge in [-0.2, -0.15) is 0 Å². The van der Waals surface area contributed by atoms with E-state index in [0.717, 1.165) is 11.6 Å². The number of benzene rings is 2. The molecule has 3 rings (SSSR count). The van der Waals surface area contributed by atoms with Gasteiger partial charge in [0.25, 0.3) is 0 Å². The molecular weight excluding hydrogens is 320 g/mol. The smallest absolute Gasteiger partial charge is 0.193 e. The molecule has 5 nitrogen and oxygen atoms in total. The van der Waals surface area contributed by atoms with Crippen molar-refractivity contribution >= 4 is 11.9 Å². The lowest BCUT2D eigenvalue weighted by Gasteiger charge is -2.38. The second-order valence-electron chi connectivity index (χ2n) is 6.63. The Morgan fingerprint density at radius 1 is 1.20 bits per heavy atom. The first-order valence-electron chi connectivity index (χ1n) is 8.02. The average Bonchev–Trinajstić information content (AvgIpc) is 2.55. The van der Waals surface area contributed by atoms with Gasteiger partial charge in [0, 0.05) is 18.1 Å². The molecule has 0 aliphatic carbocycles. The van der Waals surface area contributed by atoms with Crippen molar-refractivity contribution in [3.63, 3.8) is 0 Å². The average molecular weight is 340 g/mol. The van der Waals surface area contributed by atoms with Crippen LogP contribution < -0.4 is 4.74 Å². The first-order chi connectivity index (χ1) is 11.8. The summed E-state index contributed by atoms with van der Waals surface area (Å²) < 4.78 is 5.77. The van der Waals surface area contributed by atoms with Gasteiger partial charge in [-0.3, -0.25) is 4.79 Å². The Kier molecular flexibility index (Phi) is 4.27. The molecule has 1 heterocycles. The summed E-state index contributed by atoms with van der Waals surface area (Å²) >= 11 is 0. The fraction of sp³-hybridized carbons (Fsp3) is 0.250. The van der Waals surface area contributed by atoms with Crippen LogP contribution in [0.5, 0.6) is 17.2 Å². The number of aliphatic hydroxyl groups is 1. The van der Waals surface area contributed by atoms with Crippen LogP contribution in [0, 0.1) is 0 Å². The standard InChI is InChI=1S/C20H20O5/c1-20(2)17(24)10-13-15(22)11-16(23)18(19(13)25-20)14(21)9-8-12-6-4-3-5-7-12/h3-9,11,17,22-24H,10H2,1-2H3. The van der Waals surface area contributed by atoms with Crippen molar-refractivity contribution in [2.24, 2.45) is 0 Å². The SMILES string of the molecule is CC1(C)Oc2c(c(O)cc(O)c2C(=O)C=Cc2ccccc2)CC1O. The van der Waals surface area contributed by atoms with E-state index in [2.05, 4.69) is 0 Å². The Morgan fingerprint density at radius 2 is 1.88 bits per heavy atom. The minimum absolute atomic E-state index is 0.0139. The van der Waals surface area contributed by atoms with Crippen LogP contribution in [0.15, 0.2) is 42.5 Å². The molecule has 2 aromatic carbocycles. The van der Waals surface area contributed by atoms with E-state index >= 15 is 0 Å². The number of fused-ring (bicyclic) bond motifs is 1. The zero-order valence-electron chi connectivity index (χ0n) is 14.1. The minimum Gasteiger partial charge on any atom is -0.507 e. The summed E-state index contributed by atoms with van der Waals surface area (Å²) in [5, 5.41) is 30.4. The number of carbonyl (C=O) groups is 1. The number of aromatic hydroxyl groups is 2. The van der Waals surface area contributed by atoms with Crippen LogP contribution in [-0.2, 0) is 6.42 Å². The summed E-state index contributed by atoms with van der Waals surface area (Å²) in [7, 11) is 0. The molecule has 25 heavy (non-hydrogen) atoms. The Labute approximate surface area is 145 Å². The monoisotopic (exact) mass is 340 g/mol. The third-order valence-corrected chi connectivity index (χ3v) is 4.38. The molecule has 130 valence electrons. The van der Waals surface area contributed by atoms with Crippen molar-refractivity contribution < 1.29 is 24.9 Å². The number of aliphatic hydroxyl groups excluding tert-OH is 1. The Hall–Kier alpha value is -2.79. The maximum Gasteiger partial charge on any atom is 0.193 e. The summed E-state index contributed by atoms with van der Waals surface area (Å²) in [6, 6.07) is 10.4. The molecule has 0 spiro atoms. The molecule has 0 saturated heterocycles. The number of allylic oxidation sites excluding steroid dienone is 1. The molecular formula is C20H20O5. The van der Waals surface area contributed by atoms with Crippen molar-refractivity contribution in [1.29, 1.82) is 0 Å². The maximum absolute atomic E-state index is 12.6. The molecule has 1 aliphatic heterocycles. The molecule has 1 aliphatic rings. The van der Waals surface area contributed by atoms with E-state index in [9.17, 15) is 20.1 Å². The topological polar surface area (TPSA) is 87.0 Å². The molecule has 0 saturated carbocycles. The second kappa shape index (κ2) is 6.26. The highest BCUT2D eigenvalue weighted by Gasteiger charge is 2.39. The van der Waals surface area contributed by atoms with Gasteiger partial charge < -0.3 is 20.1 Å². The van der Waals surface area contributed by atoms with Crippen molar-refractivity contribution in [1.82, 2.24) is 0 Å². The molecule has 0 radical (unpaired) electrons. The fourth-order valence-corrected chi connectivity index (χ4v) is 2.81. The van der Waals surface area contributed by atoms with Gasteiger partial charge in [0.2, 0.25) is 0 Å². The van der Waals surface area contributed by atoms with Crippen molar-refractivity contribution in [3.05, 3.63) is 59.2 Å². The number of rotatable bonds is 3. The predicted molar refractivity (Wildman–Crippen MR) is 94.0 cm³/mol. The molecule has 5 heteroatoms. The molecule has 1 atom stereocenters. The van der Waals surface area contributed by atoms with E-state index < -0.39 is 17.5 Å². The zero-order valence-corrected chi connectivity index (χ0v) is 14.1. The van der Waals surface area contributed by atoms with Crippen molar-refractivity contribution in [3.8, 4) is 17.2 Å². The summed E-state index contributed by atoms with van der Waals surface area (Å²) in [6.45, 7) is 3.38. The van der Waals surface area contributed by atoms with Crippen LogP contribution in [0.25, 0.3) is 6.08 Å². The van der Waals surface area contributed by atoms with Gasteiger partial charge in [-0.1, -0.05) is 36.4 Å². The molecule has 0 bridgehead atoms. The zero-order chi connectivity index (χ0) is 18.2. The summed E-state index contributed by atoms with van der Waals surface area (Å²) in [6.07, 6.45) is 2.29. The maximum atomic E-state index is 12.6. The number of carbonyl (C=O) groups excluding carboxylic acids is 1. The normalized spacial score (nSPS) is 18.6. The summed E-state index contributed by atoms with van der Waals surface area (Å²) in [4.78, 5) is 12.6. The first-order valence-corrected chi connectivity index (χ1v) is 8.02. The van der Waals surface area contributed by atoms with Crippen LogP contribution in [0.2, 0.25) is 0 Å². The minimum atomic E-state index is -0.939. The fourth-order valence-electron chi connectivity index (χ4n) is 2.81. The van der Waals surface area contributed by atoms with Gasteiger partial charge in [-0.15, -0.1) is 0 Å². The van der Waals surface area contributed by atoms with Crippen molar-refractivity contribution in [2.45, 2.75) is 32.0 Å². The number of ketones is 1. The quantitative estimate of drug-likeness (QED) is 0.590. The van der Waals surface area contributed by atoms with E-state index in [-0.39, 0.29) is 29.2 Å². The largest absolute Gasteiger partial charge is 0.507 e. The lowest BCUT2D eigenvalue weighted by Crippen LogP contribution is -2.46. The number of ether oxygens (including phenoxy) is 1. The van der Waals surface area contributed by atoms with Crippen LogP contribution >= 0.6 is 0 Å². The number of phenols is 2. The predicted octanol–water partition coefficient (Wildman–Crippen LogP) is 3.07. The summed E-state index contributed by atoms with van der Waals surface area (Å²) in [5.74, 6) is -0.878. The van der Waals surface area contributed by atoms with Gasteiger partial charge in [-0.05, 0) is 25.5 Å². The van der Waals surface area contributed by atoms with E-state index in [1.165, 1.54) is 6.08 Å². The molecule has 0 aromatic heterocycles. The van der Waals surface area contributed by atoms with Gasteiger partial charge in [0.1, 0.15) is 28.4 Å². The van der Waals surface area contributed by atoms with Crippen LogP contribution in [-0.4, -0.2) is 32.8 Å². The van der Waals surface area contributed by atoms with E-state index in [4.69, 9.17) is 4.74 Å². The lowest BCUT2D eigenvalue weighted by molar-refractivity contribution is -0.0421. The van der Waals surface area contributed by atoms with E-state index in [0.29, 0.717) is 5.56 Å². The number of hydrogen-bond acceptors (Lipinski definition) is 5. The molecule has 3 N–H and O–H groups in total. The van der Waals surface area contributed by atoms with Crippen molar-refractivity contribution in [2.75, 3.05) is 0 Å². The Morgan fingerprint density at radius 3 is 2.56 bits per heavy atom. The van der Waals surface area contributed by atoms with Crippen LogP contribution in [0.1, 0.15) is 35.3 Å². The first kappa shape index (κ1) is 17.0. The van der Waals surface area contributed by atoms with Gasteiger partial charge in [-0.25, -0.2) is 0 Å². The Balaban J connectivity index is 2.03. The van der Waals surface area contributed by atoms with Crippen LogP contribution in [0.4, 0.5) is 0 Å². The van der Waals surface area contributed by atoms with Gasteiger partial charge in [0.15, 0.2) is 5.78 Å². The van der Waals surface area contributed by atoms with E-state index in [1.807, 2.05) is 30.3 Å². The molecule has 0 amide bonds. The van der Waals surface area contributed by atoms with Gasteiger partial charge in [0.05, 0.1) is 6.10 Å². The Bertz CT molecular complexity index is 837.